The van der Waals surface area contributed by atoms with E-state index in [1.54, 1.807) is 32.2 Å². The highest BCUT2D eigenvalue weighted by atomic mass is 16.5. The lowest BCUT2D eigenvalue weighted by atomic mass is 10.1. The van der Waals surface area contributed by atoms with Crippen molar-refractivity contribution < 1.29 is 14.4 Å². The summed E-state index contributed by atoms with van der Waals surface area (Å²) in [5, 5.41) is 13.7. The van der Waals surface area contributed by atoms with Crippen LogP contribution in [0.25, 0.3) is 11.3 Å². The third-order valence-electron chi connectivity index (χ3n) is 2.41. The van der Waals surface area contributed by atoms with E-state index in [1.807, 2.05) is 0 Å². The number of phenolic OH excluding ortho intramolecular Hbond substituents is 1. The summed E-state index contributed by atoms with van der Waals surface area (Å²) in [6.45, 7) is 1.76. The Bertz CT molecular complexity index is 520. The maximum atomic E-state index is 9.97. The van der Waals surface area contributed by atoms with Crippen LogP contribution in [0.3, 0.4) is 0 Å². The standard InChI is InChI=1S/C11H12N2O3/c1-6-9(15-2)4-3-7(11(6)14)8-5-10(12)16-13-8/h3-5,14H,12H2,1-2H3. The lowest BCUT2D eigenvalue weighted by molar-refractivity contribution is 0.403. The van der Waals surface area contributed by atoms with E-state index in [4.69, 9.17) is 15.0 Å². The average molecular weight is 220 g/mol. The Balaban J connectivity index is 2.55. The minimum absolute atomic E-state index is 0.118. The molecule has 0 unspecified atom stereocenters. The molecule has 0 amide bonds. The number of anilines is 1. The molecule has 0 saturated carbocycles. The summed E-state index contributed by atoms with van der Waals surface area (Å²) in [5.74, 6) is 0.952. The Morgan fingerprint density at radius 1 is 1.44 bits per heavy atom. The molecule has 84 valence electrons. The monoisotopic (exact) mass is 220 g/mol. The summed E-state index contributed by atoms with van der Waals surface area (Å²) in [6, 6.07) is 5.02. The van der Waals surface area contributed by atoms with Crippen molar-refractivity contribution in [1.82, 2.24) is 5.16 Å². The van der Waals surface area contributed by atoms with Crippen LogP contribution in [0.2, 0.25) is 0 Å². The van der Waals surface area contributed by atoms with Crippen molar-refractivity contribution in [3.8, 4) is 22.8 Å². The number of nitrogens with zero attached hydrogens (tertiary/aromatic N) is 1. The molecule has 5 nitrogen and oxygen atoms in total. The first-order chi connectivity index (χ1) is 7.63. The number of nitrogens with two attached hydrogens (primary N) is 1. The lowest BCUT2D eigenvalue weighted by Crippen LogP contribution is -1.89. The van der Waals surface area contributed by atoms with Crippen molar-refractivity contribution in [2.24, 2.45) is 0 Å². The van der Waals surface area contributed by atoms with E-state index in [0.717, 1.165) is 0 Å². The number of phenols is 1. The molecule has 0 radical (unpaired) electrons. The van der Waals surface area contributed by atoms with Crippen molar-refractivity contribution in [2.45, 2.75) is 6.92 Å². The van der Waals surface area contributed by atoms with Crippen LogP contribution >= 0.6 is 0 Å². The van der Waals surface area contributed by atoms with Crippen molar-refractivity contribution >= 4 is 5.88 Å². The van der Waals surface area contributed by atoms with E-state index in [9.17, 15) is 5.11 Å². The molecule has 0 atom stereocenters. The normalized spacial score (nSPS) is 10.4. The zero-order valence-corrected chi connectivity index (χ0v) is 9.02. The number of nitrogen functional groups attached to an aromatic ring is 1. The number of hydrogen-bond donors (Lipinski definition) is 2. The quantitative estimate of drug-likeness (QED) is 0.808. The number of methoxy groups -OCH3 is 1. The number of aromatic hydroxyl groups is 1. The average Bonchev–Trinajstić information content (AvgIpc) is 2.69. The van der Waals surface area contributed by atoms with Gasteiger partial charge in [-0.3, -0.25) is 0 Å². The molecule has 16 heavy (non-hydrogen) atoms. The van der Waals surface area contributed by atoms with E-state index >= 15 is 0 Å². The molecule has 5 heteroatoms. The largest absolute Gasteiger partial charge is 0.507 e. The van der Waals surface area contributed by atoms with Gasteiger partial charge < -0.3 is 20.1 Å². The van der Waals surface area contributed by atoms with Gasteiger partial charge in [0.15, 0.2) is 0 Å². The highest BCUT2D eigenvalue weighted by molar-refractivity contribution is 5.71. The molecular weight excluding hydrogens is 208 g/mol. The molecule has 1 aromatic carbocycles. The molecule has 0 fully saturated rings. The molecule has 0 bridgehead atoms. The molecule has 0 aliphatic heterocycles. The second-order valence-electron chi connectivity index (χ2n) is 3.40. The second-order valence-corrected chi connectivity index (χ2v) is 3.40. The first-order valence-electron chi connectivity index (χ1n) is 4.72. The van der Waals surface area contributed by atoms with Gasteiger partial charge in [-0.1, -0.05) is 5.16 Å². The van der Waals surface area contributed by atoms with Crippen LogP contribution in [-0.4, -0.2) is 17.4 Å². The SMILES string of the molecule is COc1ccc(-c2cc(N)on2)c(O)c1C. The molecular formula is C11H12N2O3. The van der Waals surface area contributed by atoms with Crippen LogP contribution in [0.4, 0.5) is 5.88 Å². The van der Waals surface area contributed by atoms with Crippen LogP contribution in [0, 0.1) is 6.92 Å². The summed E-state index contributed by atoms with van der Waals surface area (Å²) in [5.41, 5.74) is 7.15. The first kappa shape index (κ1) is 10.4. The highest BCUT2D eigenvalue weighted by Crippen LogP contribution is 2.36. The highest BCUT2D eigenvalue weighted by Gasteiger charge is 2.13. The Kier molecular flexibility index (Phi) is 2.44. The summed E-state index contributed by atoms with van der Waals surface area (Å²) in [4.78, 5) is 0. The number of hydrogen-bond acceptors (Lipinski definition) is 5. The fraction of sp³-hybridized carbons (Fsp3) is 0.182. The number of benzene rings is 1. The summed E-state index contributed by atoms with van der Waals surface area (Å²) in [7, 11) is 1.55. The van der Waals surface area contributed by atoms with Crippen LogP contribution in [0.15, 0.2) is 22.7 Å². The van der Waals surface area contributed by atoms with E-state index in [2.05, 4.69) is 5.16 Å². The maximum absolute atomic E-state index is 9.97. The van der Waals surface area contributed by atoms with Crippen LogP contribution in [-0.2, 0) is 0 Å². The van der Waals surface area contributed by atoms with Crippen molar-refractivity contribution in [1.29, 1.82) is 0 Å². The van der Waals surface area contributed by atoms with Crippen molar-refractivity contribution in [3.63, 3.8) is 0 Å². The van der Waals surface area contributed by atoms with Gasteiger partial charge in [0, 0.05) is 17.2 Å². The number of ether oxygens (including phenoxy) is 1. The molecule has 2 aromatic rings. The van der Waals surface area contributed by atoms with Crippen molar-refractivity contribution in [2.75, 3.05) is 12.8 Å². The fourth-order valence-electron chi connectivity index (χ4n) is 1.53. The summed E-state index contributed by atoms with van der Waals surface area (Å²) < 4.78 is 9.85. The van der Waals surface area contributed by atoms with E-state index in [-0.39, 0.29) is 11.6 Å². The Morgan fingerprint density at radius 3 is 2.75 bits per heavy atom. The van der Waals surface area contributed by atoms with Gasteiger partial charge in [-0.15, -0.1) is 0 Å². The Hall–Kier alpha value is -2.17. The van der Waals surface area contributed by atoms with E-state index in [1.165, 1.54) is 0 Å². The van der Waals surface area contributed by atoms with Gasteiger partial charge in [-0.05, 0) is 19.1 Å². The van der Waals surface area contributed by atoms with Gasteiger partial charge in [0.1, 0.15) is 17.2 Å². The van der Waals surface area contributed by atoms with Gasteiger partial charge in [-0.25, -0.2) is 0 Å². The second kappa shape index (κ2) is 3.77. The van der Waals surface area contributed by atoms with Gasteiger partial charge >= 0.3 is 0 Å². The maximum Gasteiger partial charge on any atom is 0.222 e. The summed E-state index contributed by atoms with van der Waals surface area (Å²) >= 11 is 0. The predicted molar refractivity (Wildman–Crippen MR) is 59.3 cm³/mol. The third kappa shape index (κ3) is 1.56. The minimum atomic E-state index is 0.118. The van der Waals surface area contributed by atoms with Gasteiger partial charge in [0.2, 0.25) is 5.88 Å². The molecule has 1 aromatic heterocycles. The molecule has 1 heterocycles. The van der Waals surface area contributed by atoms with Gasteiger partial charge in [0.25, 0.3) is 0 Å². The molecule has 0 spiro atoms. The smallest absolute Gasteiger partial charge is 0.222 e. The van der Waals surface area contributed by atoms with Gasteiger partial charge in [0.05, 0.1) is 7.11 Å². The first-order valence-corrected chi connectivity index (χ1v) is 4.72. The fourth-order valence-corrected chi connectivity index (χ4v) is 1.53. The minimum Gasteiger partial charge on any atom is -0.507 e. The number of aromatic nitrogens is 1. The van der Waals surface area contributed by atoms with Crippen LogP contribution < -0.4 is 10.5 Å². The number of rotatable bonds is 2. The van der Waals surface area contributed by atoms with E-state index in [0.29, 0.717) is 22.6 Å². The van der Waals surface area contributed by atoms with E-state index < -0.39 is 0 Å². The summed E-state index contributed by atoms with van der Waals surface area (Å²) in [6.07, 6.45) is 0. The van der Waals surface area contributed by atoms with Crippen LogP contribution in [0.5, 0.6) is 11.5 Å². The Morgan fingerprint density at radius 2 is 2.19 bits per heavy atom. The lowest BCUT2D eigenvalue weighted by Gasteiger charge is -2.08. The Labute approximate surface area is 92.4 Å². The van der Waals surface area contributed by atoms with Crippen molar-refractivity contribution in [3.05, 3.63) is 23.8 Å². The predicted octanol–water partition coefficient (Wildman–Crippen LogP) is 1.95. The topological polar surface area (TPSA) is 81.5 Å². The molecule has 3 N–H and O–H groups in total. The molecule has 0 saturated heterocycles. The zero-order valence-electron chi connectivity index (χ0n) is 9.02. The molecule has 0 aliphatic carbocycles. The van der Waals surface area contributed by atoms with Crippen LogP contribution in [0.1, 0.15) is 5.56 Å². The van der Waals surface area contributed by atoms with Gasteiger partial charge in [-0.2, -0.15) is 0 Å². The molecule has 2 rings (SSSR count). The molecule has 0 aliphatic rings. The third-order valence-corrected chi connectivity index (χ3v) is 2.41. The zero-order chi connectivity index (χ0) is 11.7.